The van der Waals surface area contributed by atoms with Gasteiger partial charge in [0.1, 0.15) is 0 Å². The van der Waals surface area contributed by atoms with Crippen LogP contribution < -0.4 is 5.32 Å². The number of likely N-dealkylation sites (N-methyl/N-ethyl adjacent to an activating group) is 1. The molecule has 2 aromatic rings. The van der Waals surface area contributed by atoms with Crippen LogP contribution in [0.3, 0.4) is 0 Å². The van der Waals surface area contributed by atoms with Gasteiger partial charge in [0.2, 0.25) is 5.91 Å². The molecule has 1 heterocycles. The number of fused-ring (bicyclic) bond motifs is 1. The van der Waals surface area contributed by atoms with Gasteiger partial charge in [-0.2, -0.15) is 0 Å². The van der Waals surface area contributed by atoms with Crippen molar-refractivity contribution in [1.82, 2.24) is 4.90 Å². The first kappa shape index (κ1) is 15.8. The lowest BCUT2D eigenvalue weighted by Crippen LogP contribution is -2.27. The maximum atomic E-state index is 12.2. The van der Waals surface area contributed by atoms with E-state index >= 15 is 0 Å². The van der Waals surface area contributed by atoms with Crippen molar-refractivity contribution in [2.75, 3.05) is 18.9 Å². The number of anilines is 1. The second-order valence-electron chi connectivity index (χ2n) is 5.81. The Labute approximate surface area is 141 Å². The fourth-order valence-corrected chi connectivity index (χ4v) is 3.02. The van der Waals surface area contributed by atoms with Gasteiger partial charge in [-0.25, -0.2) is 0 Å². The number of carbonyl (C=O) groups is 1. The first-order valence-electron chi connectivity index (χ1n) is 7.66. The molecule has 118 valence electrons. The number of halogens is 1. The minimum atomic E-state index is -0.127. The summed E-state index contributed by atoms with van der Waals surface area (Å²) in [6.45, 7) is 1.94. The van der Waals surface area contributed by atoms with Gasteiger partial charge < -0.3 is 10.2 Å². The van der Waals surface area contributed by atoms with E-state index in [-0.39, 0.29) is 5.91 Å². The lowest BCUT2D eigenvalue weighted by Gasteiger charge is -2.26. The summed E-state index contributed by atoms with van der Waals surface area (Å²) in [4.78, 5) is 14.5. The molecule has 1 aliphatic heterocycles. The molecule has 23 heavy (non-hydrogen) atoms. The van der Waals surface area contributed by atoms with Crippen LogP contribution in [0.25, 0.3) is 6.08 Å². The molecule has 0 saturated heterocycles. The maximum absolute atomic E-state index is 12.2. The lowest BCUT2D eigenvalue weighted by molar-refractivity contribution is -0.111. The highest BCUT2D eigenvalue weighted by Gasteiger charge is 2.16. The van der Waals surface area contributed by atoms with Crippen molar-refractivity contribution in [2.24, 2.45) is 0 Å². The Kier molecular flexibility index (Phi) is 4.79. The molecule has 4 heteroatoms. The average Bonchev–Trinajstić information content (AvgIpc) is 2.53. The number of nitrogens with zero attached hydrogens (tertiary/aromatic N) is 1. The van der Waals surface area contributed by atoms with E-state index in [1.165, 1.54) is 11.1 Å². The Bertz CT molecular complexity index is 755. The zero-order valence-corrected chi connectivity index (χ0v) is 13.8. The predicted octanol–water partition coefficient (Wildman–Crippen LogP) is 3.98. The normalized spacial score (nSPS) is 14.7. The molecule has 1 N–H and O–H groups in total. The molecule has 2 aromatic carbocycles. The van der Waals surface area contributed by atoms with Crippen molar-refractivity contribution in [3.05, 3.63) is 70.3 Å². The van der Waals surface area contributed by atoms with Crippen LogP contribution in [0.1, 0.15) is 16.7 Å². The number of carbonyl (C=O) groups excluding carboxylic acids is 1. The van der Waals surface area contributed by atoms with Crippen LogP contribution in [0.4, 0.5) is 5.69 Å². The van der Waals surface area contributed by atoms with Crippen molar-refractivity contribution in [3.8, 4) is 0 Å². The molecule has 0 atom stereocenters. The average molecular weight is 327 g/mol. The van der Waals surface area contributed by atoms with Crippen LogP contribution in [-0.2, 0) is 17.8 Å². The number of amides is 1. The highest BCUT2D eigenvalue weighted by atomic mass is 35.5. The Morgan fingerprint density at radius 1 is 1.26 bits per heavy atom. The summed E-state index contributed by atoms with van der Waals surface area (Å²) in [5.74, 6) is -0.127. The second-order valence-corrected chi connectivity index (χ2v) is 6.25. The van der Waals surface area contributed by atoms with E-state index in [0.29, 0.717) is 5.02 Å². The van der Waals surface area contributed by atoms with Gasteiger partial charge in [0.05, 0.1) is 0 Å². The zero-order chi connectivity index (χ0) is 16.2. The summed E-state index contributed by atoms with van der Waals surface area (Å²) in [7, 11) is 2.11. The van der Waals surface area contributed by atoms with Crippen LogP contribution in [0.2, 0.25) is 5.02 Å². The molecule has 0 unspecified atom stereocenters. The fourth-order valence-electron chi connectivity index (χ4n) is 2.82. The smallest absolute Gasteiger partial charge is 0.248 e. The maximum Gasteiger partial charge on any atom is 0.248 e. The summed E-state index contributed by atoms with van der Waals surface area (Å²) in [6.07, 6.45) is 4.27. The SMILES string of the molecule is CN1CCc2c(cccc2NC(=O)C=Cc2cccc(Cl)c2)C1. The van der Waals surface area contributed by atoms with E-state index in [2.05, 4.69) is 23.3 Å². The third kappa shape index (κ3) is 4.01. The molecule has 0 aliphatic carbocycles. The van der Waals surface area contributed by atoms with E-state index in [9.17, 15) is 4.79 Å². The van der Waals surface area contributed by atoms with E-state index in [4.69, 9.17) is 11.6 Å². The number of benzene rings is 2. The van der Waals surface area contributed by atoms with Crippen LogP contribution in [0.15, 0.2) is 48.5 Å². The molecule has 0 fully saturated rings. The minimum absolute atomic E-state index is 0.127. The minimum Gasteiger partial charge on any atom is -0.322 e. The molecule has 0 radical (unpaired) electrons. The molecule has 0 aromatic heterocycles. The van der Waals surface area contributed by atoms with Gasteiger partial charge in [-0.3, -0.25) is 4.79 Å². The number of hydrogen-bond donors (Lipinski definition) is 1. The fraction of sp³-hybridized carbons (Fsp3) is 0.211. The molecule has 1 aliphatic rings. The van der Waals surface area contributed by atoms with Gasteiger partial charge in [0, 0.05) is 29.9 Å². The molecule has 1 amide bonds. The quantitative estimate of drug-likeness (QED) is 0.865. The molecule has 3 nitrogen and oxygen atoms in total. The molecule has 0 bridgehead atoms. The van der Waals surface area contributed by atoms with Gasteiger partial charge in [0.15, 0.2) is 0 Å². The highest BCUT2D eigenvalue weighted by Crippen LogP contribution is 2.25. The molecule has 0 saturated carbocycles. The van der Waals surface area contributed by atoms with Crippen molar-refractivity contribution in [3.63, 3.8) is 0 Å². The number of hydrogen-bond acceptors (Lipinski definition) is 2. The van der Waals surface area contributed by atoms with E-state index in [1.807, 2.05) is 36.4 Å². The largest absolute Gasteiger partial charge is 0.322 e. The first-order chi connectivity index (χ1) is 11.1. The third-order valence-corrected chi connectivity index (χ3v) is 4.23. The molecular formula is C19H19ClN2O. The number of rotatable bonds is 3. The topological polar surface area (TPSA) is 32.3 Å². The van der Waals surface area contributed by atoms with Gasteiger partial charge in [-0.1, -0.05) is 35.9 Å². The first-order valence-corrected chi connectivity index (χ1v) is 8.03. The Balaban J connectivity index is 1.72. The van der Waals surface area contributed by atoms with E-state index in [0.717, 1.165) is 30.8 Å². The van der Waals surface area contributed by atoms with E-state index in [1.54, 1.807) is 12.2 Å². The van der Waals surface area contributed by atoms with Gasteiger partial charge >= 0.3 is 0 Å². The molecular weight excluding hydrogens is 308 g/mol. The van der Waals surface area contributed by atoms with Crippen LogP contribution in [0, 0.1) is 0 Å². The monoisotopic (exact) mass is 326 g/mol. The lowest BCUT2D eigenvalue weighted by atomic mass is 9.98. The Morgan fingerprint density at radius 2 is 2.09 bits per heavy atom. The third-order valence-electron chi connectivity index (χ3n) is 3.99. The van der Waals surface area contributed by atoms with Crippen molar-refractivity contribution < 1.29 is 4.79 Å². The standard InChI is InChI=1S/C19H19ClN2O/c1-22-11-10-17-15(13-22)5-3-7-18(17)21-19(23)9-8-14-4-2-6-16(20)12-14/h2-9,12H,10-11,13H2,1H3,(H,21,23). The van der Waals surface area contributed by atoms with Crippen LogP contribution in [0.5, 0.6) is 0 Å². The van der Waals surface area contributed by atoms with Crippen molar-refractivity contribution >= 4 is 29.3 Å². The van der Waals surface area contributed by atoms with E-state index < -0.39 is 0 Å². The van der Waals surface area contributed by atoms with Crippen LogP contribution in [-0.4, -0.2) is 24.4 Å². The summed E-state index contributed by atoms with van der Waals surface area (Å²) < 4.78 is 0. The van der Waals surface area contributed by atoms with Crippen LogP contribution >= 0.6 is 11.6 Å². The molecule has 0 spiro atoms. The number of nitrogens with one attached hydrogen (secondary N) is 1. The van der Waals surface area contributed by atoms with Crippen molar-refractivity contribution in [2.45, 2.75) is 13.0 Å². The second kappa shape index (κ2) is 6.99. The summed E-state index contributed by atoms with van der Waals surface area (Å²) in [5.41, 5.74) is 4.35. The summed E-state index contributed by atoms with van der Waals surface area (Å²) in [5, 5.41) is 3.65. The predicted molar refractivity (Wildman–Crippen MR) is 95.6 cm³/mol. The summed E-state index contributed by atoms with van der Waals surface area (Å²) >= 11 is 5.94. The zero-order valence-electron chi connectivity index (χ0n) is 13.1. The van der Waals surface area contributed by atoms with Gasteiger partial charge in [-0.05, 0) is 54.4 Å². The molecule has 3 rings (SSSR count). The Hall–Kier alpha value is -2.10. The summed E-state index contributed by atoms with van der Waals surface area (Å²) in [6, 6.07) is 13.5. The Morgan fingerprint density at radius 3 is 2.91 bits per heavy atom. The van der Waals surface area contributed by atoms with Gasteiger partial charge in [-0.15, -0.1) is 0 Å². The van der Waals surface area contributed by atoms with Crippen molar-refractivity contribution in [1.29, 1.82) is 0 Å². The van der Waals surface area contributed by atoms with Gasteiger partial charge in [0.25, 0.3) is 0 Å². The highest BCUT2D eigenvalue weighted by molar-refractivity contribution is 6.30.